The molecule has 0 bridgehead atoms. The highest BCUT2D eigenvalue weighted by molar-refractivity contribution is 8.00. The number of halogens is 3. The van der Waals surface area contributed by atoms with Crippen molar-refractivity contribution < 1.29 is 27.9 Å². The molecule has 20 heavy (non-hydrogen) atoms. The fraction of sp³-hybridized carbons (Fsp3) is 0.833. The standard InChI is InChI=1S/C12H18F3NO3S/c13-12(14,15)20-7-10(17)16-9-6-4-2-1-3-5-8(9)11(18)19/h8-9H,1-7H2,(H,16,17)(H,18,19). The first-order chi connectivity index (χ1) is 9.29. The normalized spacial score (nSPS) is 24.6. The zero-order chi connectivity index (χ0) is 15.2. The van der Waals surface area contributed by atoms with Crippen molar-refractivity contribution in [2.24, 2.45) is 5.92 Å². The van der Waals surface area contributed by atoms with Gasteiger partial charge in [0.05, 0.1) is 11.7 Å². The van der Waals surface area contributed by atoms with Gasteiger partial charge in [-0.05, 0) is 24.6 Å². The summed E-state index contributed by atoms with van der Waals surface area (Å²) in [6, 6.07) is -0.575. The number of carbonyl (C=O) groups excluding carboxylic acids is 1. The molecular weight excluding hydrogens is 295 g/mol. The van der Waals surface area contributed by atoms with E-state index in [-0.39, 0.29) is 0 Å². The third-order valence-electron chi connectivity index (χ3n) is 3.30. The quantitative estimate of drug-likeness (QED) is 0.837. The molecule has 1 rings (SSSR count). The molecule has 0 radical (unpaired) electrons. The molecule has 0 heterocycles. The van der Waals surface area contributed by atoms with Crippen LogP contribution in [0.4, 0.5) is 13.2 Å². The first-order valence-corrected chi connectivity index (χ1v) is 7.51. The van der Waals surface area contributed by atoms with Gasteiger partial charge in [-0.2, -0.15) is 13.2 Å². The number of hydrogen-bond donors (Lipinski definition) is 2. The first kappa shape index (κ1) is 17.1. The van der Waals surface area contributed by atoms with Gasteiger partial charge >= 0.3 is 11.5 Å². The maximum atomic E-state index is 12.0. The molecule has 1 fully saturated rings. The molecule has 4 nitrogen and oxygen atoms in total. The Hall–Kier alpha value is -0.920. The third kappa shape index (κ3) is 6.49. The van der Waals surface area contributed by atoms with Gasteiger partial charge in [0.25, 0.3) is 0 Å². The van der Waals surface area contributed by atoms with Gasteiger partial charge in [-0.25, -0.2) is 0 Å². The predicted octanol–water partition coefficient (Wildman–Crippen LogP) is 2.78. The van der Waals surface area contributed by atoms with Crippen LogP contribution in [0, 0.1) is 5.92 Å². The summed E-state index contributed by atoms with van der Waals surface area (Å²) < 4.78 is 36.0. The van der Waals surface area contributed by atoms with Crippen LogP contribution in [0.5, 0.6) is 0 Å². The van der Waals surface area contributed by atoms with Crippen molar-refractivity contribution in [3.63, 3.8) is 0 Å². The van der Waals surface area contributed by atoms with Crippen LogP contribution in [0.2, 0.25) is 0 Å². The minimum absolute atomic E-state index is 0.410. The van der Waals surface area contributed by atoms with Gasteiger partial charge in [-0.1, -0.05) is 25.7 Å². The number of aliphatic carboxylic acids is 1. The number of carboxylic acids is 1. The van der Waals surface area contributed by atoms with Crippen LogP contribution < -0.4 is 5.32 Å². The van der Waals surface area contributed by atoms with Crippen LogP contribution in [0.3, 0.4) is 0 Å². The molecule has 116 valence electrons. The van der Waals surface area contributed by atoms with E-state index >= 15 is 0 Å². The van der Waals surface area contributed by atoms with Crippen molar-refractivity contribution in [2.75, 3.05) is 5.75 Å². The van der Waals surface area contributed by atoms with Gasteiger partial charge in [0.15, 0.2) is 0 Å². The summed E-state index contributed by atoms with van der Waals surface area (Å²) >= 11 is -0.410. The van der Waals surface area contributed by atoms with E-state index in [1.165, 1.54) is 0 Å². The highest BCUT2D eigenvalue weighted by Gasteiger charge is 2.32. The average molecular weight is 313 g/mol. The van der Waals surface area contributed by atoms with E-state index < -0.39 is 46.9 Å². The molecule has 0 aliphatic heterocycles. The molecule has 2 N–H and O–H groups in total. The van der Waals surface area contributed by atoms with Crippen molar-refractivity contribution in [2.45, 2.75) is 50.1 Å². The largest absolute Gasteiger partial charge is 0.481 e. The second kappa shape index (κ2) is 7.75. The van der Waals surface area contributed by atoms with E-state index in [0.717, 1.165) is 25.7 Å². The minimum Gasteiger partial charge on any atom is -0.481 e. The van der Waals surface area contributed by atoms with Gasteiger partial charge in [-0.15, -0.1) is 0 Å². The van der Waals surface area contributed by atoms with Gasteiger partial charge in [0, 0.05) is 6.04 Å². The Balaban J connectivity index is 2.55. The highest BCUT2D eigenvalue weighted by Crippen LogP contribution is 2.30. The lowest BCUT2D eigenvalue weighted by Crippen LogP contribution is -2.44. The molecule has 0 spiro atoms. The SMILES string of the molecule is O=C(CSC(F)(F)F)NC1CCCCCCC1C(=O)O. The number of alkyl halides is 3. The van der Waals surface area contributed by atoms with Crippen LogP contribution >= 0.6 is 11.8 Å². The van der Waals surface area contributed by atoms with Crippen LogP contribution in [0.1, 0.15) is 38.5 Å². The number of hydrogen-bond acceptors (Lipinski definition) is 3. The Bertz CT molecular complexity index is 349. The molecule has 0 saturated heterocycles. The van der Waals surface area contributed by atoms with Crippen LogP contribution in [-0.4, -0.2) is 34.3 Å². The molecular formula is C12H18F3NO3S. The summed E-state index contributed by atoms with van der Waals surface area (Å²) in [4.78, 5) is 22.7. The molecule has 1 aliphatic carbocycles. The van der Waals surface area contributed by atoms with Crippen molar-refractivity contribution in [1.29, 1.82) is 0 Å². The number of rotatable bonds is 4. The monoisotopic (exact) mass is 313 g/mol. The van der Waals surface area contributed by atoms with E-state index in [0.29, 0.717) is 12.8 Å². The van der Waals surface area contributed by atoms with E-state index in [1.54, 1.807) is 0 Å². The van der Waals surface area contributed by atoms with Crippen LogP contribution in [0.15, 0.2) is 0 Å². The summed E-state index contributed by atoms with van der Waals surface area (Å²) in [5.74, 6) is -3.20. The molecule has 1 amide bonds. The van der Waals surface area contributed by atoms with Crippen molar-refractivity contribution in [3.05, 3.63) is 0 Å². The summed E-state index contributed by atoms with van der Waals surface area (Å²) in [5.41, 5.74) is -4.45. The van der Waals surface area contributed by atoms with Crippen LogP contribution in [-0.2, 0) is 9.59 Å². The van der Waals surface area contributed by atoms with E-state index in [9.17, 15) is 22.8 Å². The lowest BCUT2D eigenvalue weighted by molar-refractivity contribution is -0.143. The Kier molecular flexibility index (Phi) is 6.64. The third-order valence-corrected chi connectivity index (χ3v) is 4.03. The number of carbonyl (C=O) groups is 2. The average Bonchev–Trinajstić information content (AvgIpc) is 2.29. The lowest BCUT2D eigenvalue weighted by Gasteiger charge is -2.27. The molecule has 2 atom stereocenters. The van der Waals surface area contributed by atoms with Gasteiger partial charge < -0.3 is 10.4 Å². The van der Waals surface area contributed by atoms with Crippen molar-refractivity contribution in [1.82, 2.24) is 5.32 Å². The second-order valence-corrected chi connectivity index (χ2v) is 5.88. The molecule has 1 saturated carbocycles. The zero-order valence-electron chi connectivity index (χ0n) is 10.9. The Morgan fingerprint density at radius 1 is 1.15 bits per heavy atom. The molecule has 0 aromatic heterocycles. The van der Waals surface area contributed by atoms with E-state index in [4.69, 9.17) is 5.11 Å². The Labute approximate surface area is 119 Å². The molecule has 1 aliphatic rings. The summed E-state index contributed by atoms with van der Waals surface area (Å²) in [6.07, 6.45) is 4.40. The van der Waals surface area contributed by atoms with Crippen LogP contribution in [0.25, 0.3) is 0 Å². The summed E-state index contributed by atoms with van der Waals surface area (Å²) in [6.45, 7) is 0. The predicted molar refractivity (Wildman–Crippen MR) is 69.3 cm³/mol. The van der Waals surface area contributed by atoms with Gasteiger partial charge in [-0.3, -0.25) is 9.59 Å². The number of amides is 1. The van der Waals surface area contributed by atoms with Gasteiger partial charge in [0.1, 0.15) is 0 Å². The molecule has 0 aromatic rings. The number of carboxylic acid groups (broad SMARTS) is 1. The Morgan fingerprint density at radius 2 is 1.75 bits per heavy atom. The molecule has 0 aromatic carbocycles. The smallest absolute Gasteiger partial charge is 0.442 e. The molecule has 8 heteroatoms. The fourth-order valence-corrected chi connectivity index (χ4v) is 2.73. The van der Waals surface area contributed by atoms with E-state index in [2.05, 4.69) is 5.32 Å². The topological polar surface area (TPSA) is 66.4 Å². The van der Waals surface area contributed by atoms with Gasteiger partial charge in [0.2, 0.25) is 5.91 Å². The van der Waals surface area contributed by atoms with Crippen molar-refractivity contribution >= 4 is 23.6 Å². The summed E-state index contributed by atoms with van der Waals surface area (Å²) in [5, 5.41) is 11.6. The summed E-state index contributed by atoms with van der Waals surface area (Å²) in [7, 11) is 0. The maximum Gasteiger partial charge on any atom is 0.442 e. The lowest BCUT2D eigenvalue weighted by atomic mass is 9.87. The Morgan fingerprint density at radius 3 is 2.30 bits per heavy atom. The number of nitrogens with one attached hydrogen (secondary N) is 1. The van der Waals surface area contributed by atoms with Crippen molar-refractivity contribution in [3.8, 4) is 0 Å². The first-order valence-electron chi connectivity index (χ1n) is 6.52. The highest BCUT2D eigenvalue weighted by atomic mass is 32.2. The van der Waals surface area contributed by atoms with E-state index in [1.807, 2.05) is 0 Å². The second-order valence-electron chi connectivity index (χ2n) is 4.84. The molecule has 2 unspecified atom stereocenters. The zero-order valence-corrected chi connectivity index (χ0v) is 11.7. The minimum atomic E-state index is -4.45. The fourth-order valence-electron chi connectivity index (χ4n) is 2.35. The maximum absolute atomic E-state index is 12.0. The number of thioether (sulfide) groups is 1.